The number of fused-ring (bicyclic) bond motifs is 1. The highest BCUT2D eigenvalue weighted by Gasteiger charge is 2.26. The number of aromatic nitrogens is 3. The molecule has 2 aromatic rings. The van der Waals surface area contributed by atoms with Gasteiger partial charge in [0.2, 0.25) is 5.91 Å². The smallest absolute Gasteiger partial charge is 0.254 e. The molecular formula is C18H20N6O3. The maximum absolute atomic E-state index is 11.9. The fourth-order valence-electron chi connectivity index (χ4n) is 3.37. The van der Waals surface area contributed by atoms with Crippen molar-refractivity contribution < 1.29 is 14.3 Å². The lowest BCUT2D eigenvalue weighted by Crippen LogP contribution is -2.37. The van der Waals surface area contributed by atoms with E-state index in [-0.39, 0.29) is 18.2 Å². The third kappa shape index (κ3) is 3.14. The van der Waals surface area contributed by atoms with Gasteiger partial charge in [0.05, 0.1) is 25.8 Å². The van der Waals surface area contributed by atoms with Gasteiger partial charge in [-0.3, -0.25) is 14.9 Å². The SMILES string of the molecule is O=C1CC(=Cc2cnn3c(NC4CC4)cc(N4CCOCC4)nc23)C(=O)N1. The van der Waals surface area contributed by atoms with Gasteiger partial charge in [0, 0.05) is 36.3 Å². The summed E-state index contributed by atoms with van der Waals surface area (Å²) in [5.74, 6) is 1.13. The van der Waals surface area contributed by atoms with Gasteiger partial charge >= 0.3 is 0 Å². The maximum Gasteiger partial charge on any atom is 0.254 e. The molecule has 2 saturated heterocycles. The predicted octanol–water partition coefficient (Wildman–Crippen LogP) is 0.570. The molecule has 0 spiro atoms. The number of hydrogen-bond donors (Lipinski definition) is 2. The standard InChI is InChI=1S/C18H20N6O3/c25-16-8-11(18(26)22-16)7-12-10-19-24-15(20-13-1-2-13)9-14(21-17(12)24)23-3-5-27-6-4-23/h7,9-10,13,20H,1-6,8H2,(H,22,25,26). The number of anilines is 2. The van der Waals surface area contributed by atoms with Crippen molar-refractivity contribution in [3.63, 3.8) is 0 Å². The van der Waals surface area contributed by atoms with E-state index < -0.39 is 0 Å². The molecule has 9 heteroatoms. The lowest BCUT2D eigenvalue weighted by molar-refractivity contribution is -0.124. The number of ether oxygens (including phenoxy) is 1. The Balaban J connectivity index is 1.58. The van der Waals surface area contributed by atoms with E-state index in [1.807, 2.05) is 6.07 Å². The average Bonchev–Trinajstić information content (AvgIpc) is 3.31. The van der Waals surface area contributed by atoms with Gasteiger partial charge in [-0.2, -0.15) is 9.61 Å². The number of nitrogens with zero attached hydrogens (tertiary/aromatic N) is 4. The van der Waals surface area contributed by atoms with E-state index in [9.17, 15) is 9.59 Å². The minimum absolute atomic E-state index is 0.0898. The number of morpholine rings is 1. The topological polar surface area (TPSA) is 101 Å². The molecule has 2 aliphatic heterocycles. The molecule has 0 radical (unpaired) electrons. The Morgan fingerprint density at radius 3 is 2.78 bits per heavy atom. The zero-order valence-corrected chi connectivity index (χ0v) is 14.8. The molecular weight excluding hydrogens is 348 g/mol. The quantitative estimate of drug-likeness (QED) is 0.601. The van der Waals surface area contributed by atoms with Crippen LogP contribution in [0.5, 0.6) is 0 Å². The highest BCUT2D eigenvalue weighted by atomic mass is 16.5. The summed E-state index contributed by atoms with van der Waals surface area (Å²) in [6, 6.07) is 2.49. The number of nitrogens with one attached hydrogen (secondary N) is 2. The maximum atomic E-state index is 11.9. The molecule has 27 heavy (non-hydrogen) atoms. The molecule has 3 aliphatic rings. The van der Waals surface area contributed by atoms with Crippen molar-refractivity contribution in [2.75, 3.05) is 36.5 Å². The molecule has 9 nitrogen and oxygen atoms in total. The Labute approximate surface area is 155 Å². The van der Waals surface area contributed by atoms with Crippen LogP contribution in [0.2, 0.25) is 0 Å². The largest absolute Gasteiger partial charge is 0.378 e. The number of imide groups is 1. The van der Waals surface area contributed by atoms with Crippen LogP contribution in [0.1, 0.15) is 24.8 Å². The van der Waals surface area contributed by atoms with Crippen LogP contribution >= 0.6 is 0 Å². The summed E-state index contributed by atoms with van der Waals surface area (Å²) < 4.78 is 7.21. The molecule has 0 bridgehead atoms. The Kier molecular flexibility index (Phi) is 3.82. The molecule has 1 saturated carbocycles. The van der Waals surface area contributed by atoms with Crippen molar-refractivity contribution in [2.45, 2.75) is 25.3 Å². The molecule has 4 heterocycles. The van der Waals surface area contributed by atoms with Crippen LogP contribution < -0.4 is 15.5 Å². The highest BCUT2D eigenvalue weighted by molar-refractivity contribution is 6.15. The first-order chi connectivity index (χ1) is 13.2. The Morgan fingerprint density at radius 2 is 2.07 bits per heavy atom. The summed E-state index contributed by atoms with van der Waals surface area (Å²) in [4.78, 5) is 30.4. The zero-order chi connectivity index (χ0) is 18.4. The van der Waals surface area contributed by atoms with Crippen molar-refractivity contribution in [1.82, 2.24) is 19.9 Å². The van der Waals surface area contributed by atoms with E-state index in [2.05, 4.69) is 20.6 Å². The molecule has 3 fully saturated rings. The predicted molar refractivity (Wildman–Crippen MR) is 98.4 cm³/mol. The second-order valence-electron chi connectivity index (χ2n) is 7.08. The van der Waals surface area contributed by atoms with Crippen LogP contribution in [0.25, 0.3) is 11.7 Å². The summed E-state index contributed by atoms with van der Waals surface area (Å²) in [7, 11) is 0. The third-order valence-corrected chi connectivity index (χ3v) is 4.98. The summed E-state index contributed by atoms with van der Waals surface area (Å²) in [5.41, 5.74) is 1.83. The van der Waals surface area contributed by atoms with Crippen molar-refractivity contribution in [3.8, 4) is 0 Å². The van der Waals surface area contributed by atoms with Gasteiger partial charge in [-0.15, -0.1) is 0 Å². The molecule has 1 aliphatic carbocycles. The normalized spacial score (nSPS) is 21.9. The number of carbonyl (C=O) groups is 2. The fraction of sp³-hybridized carbons (Fsp3) is 0.444. The number of hydrogen-bond acceptors (Lipinski definition) is 7. The Hall–Kier alpha value is -2.94. The first-order valence-electron chi connectivity index (χ1n) is 9.20. The number of amides is 2. The van der Waals surface area contributed by atoms with Crippen LogP contribution in [0.4, 0.5) is 11.6 Å². The molecule has 5 rings (SSSR count). The average molecular weight is 368 g/mol. The first-order valence-corrected chi connectivity index (χ1v) is 9.20. The van der Waals surface area contributed by atoms with Gasteiger partial charge in [0.15, 0.2) is 5.65 Å². The van der Waals surface area contributed by atoms with Crippen LogP contribution in [0, 0.1) is 0 Å². The second kappa shape index (κ2) is 6.34. The van der Waals surface area contributed by atoms with Gasteiger partial charge in [0.25, 0.3) is 5.91 Å². The third-order valence-electron chi connectivity index (χ3n) is 4.98. The molecule has 0 aromatic carbocycles. The van der Waals surface area contributed by atoms with Crippen molar-refractivity contribution >= 4 is 35.2 Å². The number of carbonyl (C=O) groups excluding carboxylic acids is 2. The molecule has 2 amide bonds. The van der Waals surface area contributed by atoms with Crippen LogP contribution in [0.15, 0.2) is 17.8 Å². The summed E-state index contributed by atoms with van der Waals surface area (Å²) in [6.45, 7) is 2.93. The molecule has 0 atom stereocenters. The van der Waals surface area contributed by atoms with Crippen LogP contribution in [-0.2, 0) is 14.3 Å². The van der Waals surface area contributed by atoms with Gasteiger partial charge in [-0.05, 0) is 18.9 Å². The van der Waals surface area contributed by atoms with Gasteiger partial charge in [-0.25, -0.2) is 4.98 Å². The van der Waals surface area contributed by atoms with Crippen molar-refractivity contribution in [2.24, 2.45) is 0 Å². The van der Waals surface area contributed by atoms with Gasteiger partial charge < -0.3 is 15.0 Å². The Morgan fingerprint density at radius 1 is 1.26 bits per heavy atom. The van der Waals surface area contributed by atoms with Crippen molar-refractivity contribution in [3.05, 3.63) is 23.4 Å². The first kappa shape index (κ1) is 16.2. The van der Waals surface area contributed by atoms with E-state index >= 15 is 0 Å². The molecule has 140 valence electrons. The zero-order valence-electron chi connectivity index (χ0n) is 14.8. The van der Waals surface area contributed by atoms with E-state index in [1.54, 1.807) is 16.8 Å². The second-order valence-corrected chi connectivity index (χ2v) is 7.08. The van der Waals surface area contributed by atoms with Crippen molar-refractivity contribution in [1.29, 1.82) is 0 Å². The van der Waals surface area contributed by atoms with Crippen LogP contribution in [0.3, 0.4) is 0 Å². The lowest BCUT2D eigenvalue weighted by Gasteiger charge is -2.28. The summed E-state index contributed by atoms with van der Waals surface area (Å²) in [5, 5.41) is 10.3. The summed E-state index contributed by atoms with van der Waals surface area (Å²) in [6.07, 6.45) is 5.78. The number of rotatable bonds is 4. The highest BCUT2D eigenvalue weighted by Crippen LogP contribution is 2.29. The van der Waals surface area contributed by atoms with Crippen LogP contribution in [-0.4, -0.2) is 58.8 Å². The van der Waals surface area contributed by atoms with E-state index in [4.69, 9.17) is 9.72 Å². The fourth-order valence-corrected chi connectivity index (χ4v) is 3.37. The van der Waals surface area contributed by atoms with Gasteiger partial charge in [-0.1, -0.05) is 0 Å². The minimum Gasteiger partial charge on any atom is -0.378 e. The molecule has 2 aromatic heterocycles. The van der Waals surface area contributed by atoms with E-state index in [1.165, 1.54) is 0 Å². The summed E-state index contributed by atoms with van der Waals surface area (Å²) >= 11 is 0. The van der Waals surface area contributed by atoms with E-state index in [0.29, 0.717) is 30.5 Å². The molecule has 2 N–H and O–H groups in total. The van der Waals surface area contributed by atoms with Gasteiger partial charge in [0.1, 0.15) is 11.6 Å². The minimum atomic E-state index is -0.347. The monoisotopic (exact) mass is 368 g/mol. The Bertz CT molecular complexity index is 955. The molecule has 0 unspecified atom stereocenters. The lowest BCUT2D eigenvalue weighted by atomic mass is 10.1. The van der Waals surface area contributed by atoms with E-state index in [0.717, 1.165) is 43.1 Å².